The molecule has 2 heterocycles. The van der Waals surface area contributed by atoms with Crippen LogP contribution >= 0.6 is 11.8 Å². The van der Waals surface area contributed by atoms with Crippen molar-refractivity contribution in [3.8, 4) is 11.3 Å². The second-order valence-corrected chi connectivity index (χ2v) is 6.59. The number of furan rings is 1. The molecule has 122 valence electrons. The van der Waals surface area contributed by atoms with Crippen LogP contribution in [0.25, 0.3) is 17.4 Å². The first-order chi connectivity index (χ1) is 12.1. The summed E-state index contributed by atoms with van der Waals surface area (Å²) in [5, 5.41) is 10.8. The lowest BCUT2D eigenvalue weighted by Gasteiger charge is -2.02. The Labute approximate surface area is 147 Å². The summed E-state index contributed by atoms with van der Waals surface area (Å²) in [6, 6.07) is 17.3. The van der Waals surface area contributed by atoms with Gasteiger partial charge in [0, 0.05) is 16.0 Å². The van der Waals surface area contributed by atoms with E-state index in [1.54, 1.807) is 30.3 Å². The third-order valence-corrected chi connectivity index (χ3v) is 4.98. The largest absolute Gasteiger partial charge is 0.545 e. The highest BCUT2D eigenvalue weighted by Crippen LogP contribution is 2.40. The molecule has 0 spiro atoms. The number of benzene rings is 2. The highest BCUT2D eigenvalue weighted by Gasteiger charge is 2.25. The smallest absolute Gasteiger partial charge is 0.200 e. The highest BCUT2D eigenvalue weighted by molar-refractivity contribution is 8.04. The van der Waals surface area contributed by atoms with Crippen LogP contribution in [0.5, 0.6) is 0 Å². The van der Waals surface area contributed by atoms with Gasteiger partial charge in [-0.1, -0.05) is 48.2 Å². The van der Waals surface area contributed by atoms with Gasteiger partial charge in [0.1, 0.15) is 11.5 Å². The summed E-state index contributed by atoms with van der Waals surface area (Å²) >= 11 is 1.43. The van der Waals surface area contributed by atoms with Crippen LogP contribution in [0.3, 0.4) is 0 Å². The molecule has 0 radical (unpaired) electrons. The van der Waals surface area contributed by atoms with Crippen molar-refractivity contribution >= 4 is 29.6 Å². The van der Waals surface area contributed by atoms with Crippen molar-refractivity contribution in [2.75, 3.05) is 0 Å². The molecule has 3 aromatic rings. The number of thioether (sulfide) groups is 1. The van der Waals surface area contributed by atoms with Crippen LogP contribution in [0.4, 0.5) is 0 Å². The number of hydrogen-bond acceptors (Lipinski definition) is 5. The predicted molar refractivity (Wildman–Crippen MR) is 93.1 cm³/mol. The molecule has 4 nitrogen and oxygen atoms in total. The molecule has 25 heavy (non-hydrogen) atoms. The Bertz CT molecular complexity index is 1010. The van der Waals surface area contributed by atoms with E-state index in [4.69, 9.17) is 4.42 Å². The van der Waals surface area contributed by atoms with Crippen LogP contribution < -0.4 is 5.11 Å². The first kappa shape index (κ1) is 15.5. The lowest BCUT2D eigenvalue weighted by molar-refractivity contribution is -0.255. The second-order valence-electron chi connectivity index (χ2n) is 5.50. The van der Waals surface area contributed by atoms with Gasteiger partial charge in [0.05, 0.1) is 10.9 Å². The minimum absolute atomic E-state index is 0.00291. The number of fused-ring (bicyclic) bond motifs is 1. The van der Waals surface area contributed by atoms with Crippen LogP contribution in [0, 0.1) is 0 Å². The lowest BCUT2D eigenvalue weighted by atomic mass is 10.1. The Kier molecular flexibility index (Phi) is 3.78. The highest BCUT2D eigenvalue weighted by atomic mass is 32.2. The van der Waals surface area contributed by atoms with Crippen LogP contribution in [0.2, 0.25) is 0 Å². The molecule has 0 bridgehead atoms. The van der Waals surface area contributed by atoms with Crippen molar-refractivity contribution in [1.82, 2.24) is 0 Å². The summed E-state index contributed by atoms with van der Waals surface area (Å²) in [6.45, 7) is 0. The van der Waals surface area contributed by atoms with Gasteiger partial charge < -0.3 is 14.3 Å². The lowest BCUT2D eigenvalue weighted by Crippen LogP contribution is -2.21. The third kappa shape index (κ3) is 2.90. The van der Waals surface area contributed by atoms with Crippen molar-refractivity contribution in [1.29, 1.82) is 0 Å². The zero-order valence-corrected chi connectivity index (χ0v) is 13.7. The van der Waals surface area contributed by atoms with Gasteiger partial charge in [-0.15, -0.1) is 0 Å². The fourth-order valence-electron chi connectivity index (χ4n) is 2.62. The predicted octanol–water partition coefficient (Wildman–Crippen LogP) is 3.64. The second kappa shape index (κ2) is 6.11. The van der Waals surface area contributed by atoms with Crippen LogP contribution in [0.1, 0.15) is 26.5 Å². The Morgan fingerprint density at radius 2 is 1.76 bits per heavy atom. The molecule has 0 saturated heterocycles. The van der Waals surface area contributed by atoms with Gasteiger partial charge in [-0.05, 0) is 35.9 Å². The van der Waals surface area contributed by atoms with Gasteiger partial charge in [0.15, 0.2) is 0 Å². The molecule has 0 unspecified atom stereocenters. The molecule has 0 saturated carbocycles. The fraction of sp³-hybridized carbons (Fsp3) is 0. The fourth-order valence-corrected chi connectivity index (χ4v) is 3.65. The number of Topliss-reactive ketones (excluding diaryl/α,β-unsaturated/α-hetero) is 1. The van der Waals surface area contributed by atoms with Crippen molar-refractivity contribution < 1.29 is 19.1 Å². The molecule has 1 aliphatic rings. The summed E-state index contributed by atoms with van der Waals surface area (Å²) in [7, 11) is 0. The molecular weight excluding hydrogens is 336 g/mol. The number of ketones is 1. The van der Waals surface area contributed by atoms with Crippen molar-refractivity contribution in [2.45, 2.75) is 4.90 Å². The number of aromatic carboxylic acids is 1. The van der Waals surface area contributed by atoms with Gasteiger partial charge in [-0.25, -0.2) is 0 Å². The maximum atomic E-state index is 12.4. The number of carboxylic acids is 1. The Morgan fingerprint density at radius 3 is 2.48 bits per heavy atom. The minimum Gasteiger partial charge on any atom is -0.545 e. The zero-order valence-electron chi connectivity index (χ0n) is 12.9. The average Bonchev–Trinajstić information content (AvgIpc) is 3.21. The molecule has 1 aliphatic heterocycles. The Balaban J connectivity index is 1.60. The molecule has 1 aromatic heterocycles. The topological polar surface area (TPSA) is 70.3 Å². The van der Waals surface area contributed by atoms with Crippen molar-refractivity contribution in [3.05, 3.63) is 82.5 Å². The first-order valence-corrected chi connectivity index (χ1v) is 8.38. The van der Waals surface area contributed by atoms with Gasteiger partial charge in [0.2, 0.25) is 5.78 Å². The molecule has 4 rings (SSSR count). The molecule has 5 heteroatoms. The van der Waals surface area contributed by atoms with E-state index < -0.39 is 5.97 Å². The van der Waals surface area contributed by atoms with Gasteiger partial charge >= 0.3 is 0 Å². The Morgan fingerprint density at radius 1 is 1.00 bits per heavy atom. The van der Waals surface area contributed by atoms with E-state index in [2.05, 4.69) is 0 Å². The van der Waals surface area contributed by atoms with Crippen LogP contribution in [-0.4, -0.2) is 11.8 Å². The van der Waals surface area contributed by atoms with Gasteiger partial charge in [0.25, 0.3) is 0 Å². The maximum absolute atomic E-state index is 12.4. The molecule has 0 aliphatic carbocycles. The van der Waals surface area contributed by atoms with E-state index in [1.807, 2.05) is 24.3 Å². The maximum Gasteiger partial charge on any atom is 0.200 e. The van der Waals surface area contributed by atoms with Gasteiger partial charge in [-0.2, -0.15) is 0 Å². The first-order valence-electron chi connectivity index (χ1n) is 7.57. The standard InChI is InChI=1S/C20H12O4S/c21-19-15-3-1-2-4-17(15)25-18(19)11-14-9-10-16(24-14)12-5-7-13(8-6-12)20(22)23/h1-11H,(H,22,23)/p-1/b18-11-. The van der Waals surface area contributed by atoms with E-state index in [-0.39, 0.29) is 11.3 Å². The van der Waals surface area contributed by atoms with E-state index >= 15 is 0 Å². The van der Waals surface area contributed by atoms with E-state index in [1.165, 1.54) is 23.9 Å². The number of allylic oxidation sites excluding steroid dienone is 1. The number of carbonyl (C=O) groups is 2. The monoisotopic (exact) mass is 347 g/mol. The van der Waals surface area contributed by atoms with E-state index in [0.717, 1.165) is 10.5 Å². The number of carbonyl (C=O) groups excluding carboxylic acids is 2. The summed E-state index contributed by atoms with van der Waals surface area (Å²) in [6.07, 6.45) is 1.73. The quantitative estimate of drug-likeness (QED) is 0.677. The van der Waals surface area contributed by atoms with Crippen LogP contribution in [0.15, 0.2) is 74.9 Å². The van der Waals surface area contributed by atoms with Gasteiger partial charge in [-0.3, -0.25) is 4.79 Å². The zero-order chi connectivity index (χ0) is 17.4. The van der Waals surface area contributed by atoms with E-state index in [0.29, 0.717) is 22.0 Å². The number of hydrogen-bond donors (Lipinski definition) is 0. The molecule has 2 aromatic carbocycles. The molecule has 0 amide bonds. The minimum atomic E-state index is -1.22. The average molecular weight is 347 g/mol. The third-order valence-electron chi connectivity index (χ3n) is 3.88. The van der Waals surface area contributed by atoms with Crippen molar-refractivity contribution in [2.24, 2.45) is 0 Å². The summed E-state index contributed by atoms with van der Waals surface area (Å²) in [5.74, 6) is -0.0445. The normalized spacial score (nSPS) is 14.7. The van der Waals surface area contributed by atoms with Crippen LogP contribution in [-0.2, 0) is 0 Å². The summed E-state index contributed by atoms with van der Waals surface area (Å²) < 4.78 is 5.77. The molecule has 0 atom stereocenters. The molecule has 0 fully saturated rings. The number of carboxylic acid groups (broad SMARTS) is 1. The van der Waals surface area contributed by atoms with E-state index in [9.17, 15) is 14.7 Å². The molecular formula is C20H11O4S-. The summed E-state index contributed by atoms with van der Waals surface area (Å²) in [4.78, 5) is 24.7. The van der Waals surface area contributed by atoms with Crippen molar-refractivity contribution in [3.63, 3.8) is 0 Å². The number of rotatable bonds is 3. The SMILES string of the molecule is O=C([O-])c1ccc(-c2ccc(/C=C3\Sc4ccccc4C3=O)o2)cc1. The molecule has 0 N–H and O–H groups in total. The Hall–Kier alpha value is -3.05. The summed E-state index contributed by atoms with van der Waals surface area (Å²) in [5.41, 5.74) is 1.58.